The minimum absolute atomic E-state index is 0.173. The number of carboxylic acids is 1. The molecule has 0 bridgehead atoms. The maximum atomic E-state index is 12.3. The van der Waals surface area contributed by atoms with Gasteiger partial charge in [-0.1, -0.05) is 0 Å². The van der Waals surface area contributed by atoms with Crippen LogP contribution in [-0.2, 0) is 0 Å². The standard InChI is InChI=1S/C16H16N4O4S/c1-7-4-5-12(24-7)10-6-11(20-19-10)14(21)17-9(3)15-18-8(2)13(25-15)16(22)23/h4-6,9H,1-3H3,(H,17,21)(H,19,20)(H,22,23). The van der Waals surface area contributed by atoms with E-state index in [0.717, 1.165) is 17.1 Å². The molecule has 3 rings (SSSR count). The van der Waals surface area contributed by atoms with Gasteiger partial charge in [0.2, 0.25) is 0 Å². The minimum Gasteiger partial charge on any atom is -0.477 e. The average Bonchev–Trinajstić information content (AvgIpc) is 3.25. The molecular formula is C16H16N4O4S. The smallest absolute Gasteiger partial charge is 0.347 e. The Morgan fingerprint density at radius 1 is 1.36 bits per heavy atom. The fraction of sp³-hybridized carbons (Fsp3) is 0.250. The van der Waals surface area contributed by atoms with Crippen molar-refractivity contribution in [1.82, 2.24) is 20.5 Å². The molecule has 3 N–H and O–H groups in total. The number of nitrogens with zero attached hydrogens (tertiary/aromatic N) is 2. The van der Waals surface area contributed by atoms with Gasteiger partial charge < -0.3 is 14.8 Å². The first-order chi connectivity index (χ1) is 11.8. The van der Waals surface area contributed by atoms with Gasteiger partial charge in [-0.05, 0) is 32.9 Å². The molecule has 0 spiro atoms. The first-order valence-electron chi connectivity index (χ1n) is 7.49. The van der Waals surface area contributed by atoms with Crippen molar-refractivity contribution in [2.75, 3.05) is 0 Å². The van der Waals surface area contributed by atoms with E-state index < -0.39 is 12.0 Å². The van der Waals surface area contributed by atoms with Gasteiger partial charge in [-0.3, -0.25) is 9.89 Å². The van der Waals surface area contributed by atoms with E-state index in [0.29, 0.717) is 22.2 Å². The van der Waals surface area contributed by atoms with Crippen LogP contribution in [0.25, 0.3) is 11.5 Å². The molecule has 0 radical (unpaired) electrons. The molecule has 1 unspecified atom stereocenters. The zero-order chi connectivity index (χ0) is 18.1. The number of aromatic amines is 1. The number of H-pyrrole nitrogens is 1. The Balaban J connectivity index is 1.73. The Hall–Kier alpha value is -2.94. The van der Waals surface area contributed by atoms with Gasteiger partial charge in [-0.15, -0.1) is 11.3 Å². The Morgan fingerprint density at radius 3 is 2.72 bits per heavy atom. The lowest BCUT2D eigenvalue weighted by Gasteiger charge is -2.09. The van der Waals surface area contributed by atoms with E-state index in [-0.39, 0.29) is 16.5 Å². The summed E-state index contributed by atoms with van der Waals surface area (Å²) in [7, 11) is 0. The van der Waals surface area contributed by atoms with Gasteiger partial charge in [0.05, 0.1) is 11.7 Å². The van der Waals surface area contributed by atoms with Crippen molar-refractivity contribution in [2.24, 2.45) is 0 Å². The van der Waals surface area contributed by atoms with E-state index in [4.69, 9.17) is 9.52 Å². The highest BCUT2D eigenvalue weighted by molar-refractivity contribution is 7.13. The molecule has 8 nitrogen and oxygen atoms in total. The molecule has 130 valence electrons. The number of hydrogen-bond acceptors (Lipinski definition) is 6. The number of carbonyl (C=O) groups is 2. The average molecular weight is 360 g/mol. The second-order valence-corrected chi connectivity index (χ2v) is 6.57. The normalized spacial score (nSPS) is 12.1. The molecule has 3 aromatic rings. The van der Waals surface area contributed by atoms with Crippen LogP contribution in [0.15, 0.2) is 22.6 Å². The van der Waals surface area contributed by atoms with Crippen molar-refractivity contribution >= 4 is 23.2 Å². The van der Waals surface area contributed by atoms with Gasteiger partial charge in [0.25, 0.3) is 5.91 Å². The van der Waals surface area contributed by atoms with Crippen molar-refractivity contribution < 1.29 is 19.1 Å². The second-order valence-electron chi connectivity index (χ2n) is 5.54. The zero-order valence-corrected chi connectivity index (χ0v) is 14.6. The van der Waals surface area contributed by atoms with Crippen LogP contribution in [0.4, 0.5) is 0 Å². The number of thiazole rings is 1. The number of rotatable bonds is 5. The number of amides is 1. The largest absolute Gasteiger partial charge is 0.477 e. The Morgan fingerprint density at radius 2 is 2.12 bits per heavy atom. The molecule has 3 aromatic heterocycles. The summed E-state index contributed by atoms with van der Waals surface area (Å²) in [6.45, 7) is 5.20. The molecule has 0 aliphatic rings. The van der Waals surface area contributed by atoms with E-state index in [1.165, 1.54) is 0 Å². The summed E-state index contributed by atoms with van der Waals surface area (Å²) in [5.74, 6) is -0.0511. The van der Waals surface area contributed by atoms with Gasteiger partial charge >= 0.3 is 5.97 Å². The predicted octanol–water partition coefficient (Wildman–Crippen LogP) is 2.93. The highest BCUT2D eigenvalue weighted by Gasteiger charge is 2.21. The molecule has 25 heavy (non-hydrogen) atoms. The third kappa shape index (κ3) is 3.45. The lowest BCUT2D eigenvalue weighted by molar-refractivity contribution is 0.0701. The number of aromatic nitrogens is 3. The SMILES string of the molecule is Cc1ccc(-c2cc(C(=O)NC(C)c3nc(C)c(C(=O)O)s3)n[nH]2)o1. The number of aryl methyl sites for hydroxylation is 2. The van der Waals surface area contributed by atoms with Crippen molar-refractivity contribution in [3.63, 3.8) is 0 Å². The molecule has 0 saturated heterocycles. The molecule has 3 heterocycles. The van der Waals surface area contributed by atoms with E-state index >= 15 is 0 Å². The van der Waals surface area contributed by atoms with Crippen molar-refractivity contribution in [3.8, 4) is 11.5 Å². The maximum Gasteiger partial charge on any atom is 0.347 e. The highest BCUT2D eigenvalue weighted by Crippen LogP contribution is 2.24. The predicted molar refractivity (Wildman–Crippen MR) is 90.7 cm³/mol. The third-order valence-electron chi connectivity index (χ3n) is 3.54. The number of nitrogens with one attached hydrogen (secondary N) is 2. The van der Waals surface area contributed by atoms with Crippen molar-refractivity contribution in [1.29, 1.82) is 0 Å². The number of hydrogen-bond donors (Lipinski definition) is 3. The van der Waals surface area contributed by atoms with Gasteiger partial charge in [0.1, 0.15) is 21.3 Å². The zero-order valence-electron chi connectivity index (χ0n) is 13.8. The summed E-state index contributed by atoms with van der Waals surface area (Å²) in [5.41, 5.74) is 1.25. The highest BCUT2D eigenvalue weighted by atomic mass is 32.1. The van der Waals surface area contributed by atoms with Crippen molar-refractivity contribution in [3.05, 3.63) is 45.2 Å². The van der Waals surface area contributed by atoms with Crippen LogP contribution in [-0.4, -0.2) is 32.2 Å². The summed E-state index contributed by atoms with van der Waals surface area (Å²) in [5, 5.41) is 19.1. The molecular weight excluding hydrogens is 344 g/mol. The molecule has 0 aliphatic carbocycles. The number of furan rings is 1. The first kappa shape index (κ1) is 16.9. The Bertz CT molecular complexity index is 940. The summed E-state index contributed by atoms with van der Waals surface area (Å²) < 4.78 is 5.48. The van der Waals surface area contributed by atoms with Crippen LogP contribution >= 0.6 is 11.3 Å². The van der Waals surface area contributed by atoms with Crippen LogP contribution in [0, 0.1) is 13.8 Å². The fourth-order valence-corrected chi connectivity index (χ4v) is 3.18. The van der Waals surface area contributed by atoms with Crippen LogP contribution in [0.2, 0.25) is 0 Å². The van der Waals surface area contributed by atoms with Gasteiger partial charge in [0, 0.05) is 6.07 Å². The Labute approximate surface area is 146 Å². The monoisotopic (exact) mass is 360 g/mol. The van der Waals surface area contributed by atoms with Gasteiger partial charge in [0.15, 0.2) is 11.5 Å². The summed E-state index contributed by atoms with van der Waals surface area (Å²) in [6, 6.07) is 4.77. The second kappa shape index (κ2) is 6.52. The summed E-state index contributed by atoms with van der Waals surface area (Å²) in [6.07, 6.45) is 0. The van der Waals surface area contributed by atoms with Crippen molar-refractivity contribution in [2.45, 2.75) is 26.8 Å². The van der Waals surface area contributed by atoms with E-state index in [1.807, 2.05) is 13.0 Å². The lowest BCUT2D eigenvalue weighted by atomic mass is 10.2. The lowest BCUT2D eigenvalue weighted by Crippen LogP contribution is -2.26. The third-order valence-corrected chi connectivity index (χ3v) is 4.87. The molecule has 0 saturated carbocycles. The van der Waals surface area contributed by atoms with Gasteiger partial charge in [-0.2, -0.15) is 5.10 Å². The summed E-state index contributed by atoms with van der Waals surface area (Å²) in [4.78, 5) is 27.8. The molecule has 1 atom stereocenters. The molecule has 0 aromatic carbocycles. The van der Waals surface area contributed by atoms with Gasteiger partial charge in [-0.25, -0.2) is 9.78 Å². The molecule has 9 heteroatoms. The Kier molecular flexibility index (Phi) is 4.41. The molecule has 0 aliphatic heterocycles. The maximum absolute atomic E-state index is 12.3. The number of aromatic carboxylic acids is 1. The van der Waals surface area contributed by atoms with Crippen LogP contribution in [0.5, 0.6) is 0 Å². The molecule has 0 fully saturated rings. The summed E-state index contributed by atoms with van der Waals surface area (Å²) >= 11 is 1.05. The topological polar surface area (TPSA) is 121 Å². The number of carboxylic acid groups (broad SMARTS) is 1. The van der Waals surface area contributed by atoms with E-state index in [9.17, 15) is 9.59 Å². The van der Waals surface area contributed by atoms with Crippen LogP contribution < -0.4 is 5.32 Å². The minimum atomic E-state index is -1.02. The quantitative estimate of drug-likeness (QED) is 0.643. The van der Waals surface area contributed by atoms with E-state index in [1.54, 1.807) is 26.0 Å². The van der Waals surface area contributed by atoms with Crippen LogP contribution in [0.1, 0.15) is 49.6 Å². The number of carbonyl (C=O) groups excluding carboxylic acids is 1. The van der Waals surface area contributed by atoms with E-state index in [2.05, 4.69) is 20.5 Å². The van der Waals surface area contributed by atoms with Crippen LogP contribution in [0.3, 0.4) is 0 Å². The molecule has 1 amide bonds. The first-order valence-corrected chi connectivity index (χ1v) is 8.30. The fourth-order valence-electron chi connectivity index (χ4n) is 2.28.